The van der Waals surface area contributed by atoms with Crippen molar-refractivity contribution in [3.63, 3.8) is 0 Å². The maximum absolute atomic E-state index is 6.77. The summed E-state index contributed by atoms with van der Waals surface area (Å²) in [4.78, 5) is 2.40. The Morgan fingerprint density at radius 1 is 0.328 bits per heavy atom. The molecule has 3 nitrogen and oxygen atoms in total. The Morgan fingerprint density at radius 3 is 1.50 bits per heavy atom. The molecule has 2 aliphatic carbocycles. The van der Waals surface area contributed by atoms with Gasteiger partial charge in [-0.15, -0.1) is 0 Å². The molecule has 0 saturated carbocycles. The number of furan rings is 1. The zero-order chi connectivity index (χ0) is 41.9. The Morgan fingerprint density at radius 2 is 0.844 bits per heavy atom. The first-order valence-corrected chi connectivity index (χ1v) is 22.1. The Balaban J connectivity index is 0.964. The molecule has 0 radical (unpaired) electrons. The molecule has 3 heteroatoms. The number of nitrogens with zero attached hydrogens (tertiary/aromatic N) is 2. The predicted octanol–water partition coefficient (Wildman–Crippen LogP) is 16.2. The van der Waals surface area contributed by atoms with Gasteiger partial charge in [-0.2, -0.15) is 0 Å². The number of aromatic nitrogens is 1. The minimum Gasteiger partial charge on any atom is -0.456 e. The summed E-state index contributed by atoms with van der Waals surface area (Å²) in [6.45, 7) is 0. The zero-order valence-corrected chi connectivity index (χ0v) is 34.7. The summed E-state index contributed by atoms with van der Waals surface area (Å²) in [5.41, 5.74) is 20.8. The summed E-state index contributed by atoms with van der Waals surface area (Å²) >= 11 is 0. The standard InChI is InChI=1S/C61H38N2O/c1-2-14-39(15-3-1)40-26-28-41(29-27-40)62(43-30-33-48-47-18-6-11-23-55(47)61(56(48)37-43)53-21-9-4-16-45(53)46-17-5-10-22-54(46)61)44-31-34-51-52-36-42(32-35-59(52)64-60(51)38-44)63-57-24-12-7-19-49(57)50-20-8-13-25-58(50)63/h1-38H. The highest BCUT2D eigenvalue weighted by Gasteiger charge is 2.51. The highest BCUT2D eigenvalue weighted by Crippen LogP contribution is 2.63. The van der Waals surface area contributed by atoms with E-state index in [9.17, 15) is 0 Å². The van der Waals surface area contributed by atoms with Crippen molar-refractivity contribution in [3.05, 3.63) is 253 Å². The molecule has 0 unspecified atom stereocenters. The minimum absolute atomic E-state index is 0.450. The van der Waals surface area contributed by atoms with Crippen LogP contribution in [-0.4, -0.2) is 4.57 Å². The average Bonchev–Trinajstić information content (AvgIpc) is 4.08. The van der Waals surface area contributed by atoms with E-state index < -0.39 is 5.41 Å². The number of fused-ring (bicyclic) bond motifs is 16. The molecule has 0 atom stereocenters. The van der Waals surface area contributed by atoms with E-state index in [0.717, 1.165) is 44.7 Å². The summed E-state index contributed by atoms with van der Waals surface area (Å²) in [6.07, 6.45) is 0. The third kappa shape index (κ3) is 4.81. The first-order chi connectivity index (χ1) is 31.7. The zero-order valence-electron chi connectivity index (χ0n) is 34.7. The predicted molar refractivity (Wildman–Crippen MR) is 264 cm³/mol. The van der Waals surface area contributed by atoms with E-state index in [4.69, 9.17) is 4.42 Å². The molecular weight excluding hydrogens is 777 g/mol. The van der Waals surface area contributed by atoms with E-state index >= 15 is 0 Å². The van der Waals surface area contributed by atoms with Gasteiger partial charge in [0.15, 0.2) is 0 Å². The van der Waals surface area contributed by atoms with Crippen LogP contribution in [0.5, 0.6) is 0 Å². The molecule has 2 aromatic heterocycles. The van der Waals surface area contributed by atoms with Crippen LogP contribution in [0.3, 0.4) is 0 Å². The molecule has 0 amide bonds. The fourth-order valence-corrected chi connectivity index (χ4v) is 11.3. The number of anilines is 3. The summed E-state index contributed by atoms with van der Waals surface area (Å²) < 4.78 is 9.15. The van der Waals surface area contributed by atoms with E-state index in [0.29, 0.717) is 0 Å². The molecular formula is C61H38N2O. The van der Waals surface area contributed by atoms with Gasteiger partial charge in [0.1, 0.15) is 11.2 Å². The SMILES string of the molecule is c1ccc(-c2ccc(N(c3ccc4c(c3)C3(c5ccccc5-c5ccccc53)c3ccccc3-4)c3ccc4c(c3)oc3ccc(-n5c6ccccc6c6ccccc65)cc34)cc2)cc1. The van der Waals surface area contributed by atoms with Crippen LogP contribution < -0.4 is 4.90 Å². The van der Waals surface area contributed by atoms with Crippen LogP contribution in [0.2, 0.25) is 0 Å². The number of benzene rings is 10. The molecule has 2 aliphatic rings. The number of para-hydroxylation sites is 2. The molecule has 298 valence electrons. The monoisotopic (exact) mass is 814 g/mol. The molecule has 0 fully saturated rings. The van der Waals surface area contributed by atoms with Crippen LogP contribution in [0.15, 0.2) is 235 Å². The van der Waals surface area contributed by atoms with Gasteiger partial charge in [0, 0.05) is 50.4 Å². The van der Waals surface area contributed by atoms with Crippen LogP contribution in [0, 0.1) is 0 Å². The van der Waals surface area contributed by atoms with Crippen molar-refractivity contribution in [3.8, 4) is 39.1 Å². The largest absolute Gasteiger partial charge is 0.456 e. The van der Waals surface area contributed by atoms with Gasteiger partial charge in [0.05, 0.1) is 16.4 Å². The van der Waals surface area contributed by atoms with Gasteiger partial charge in [0.25, 0.3) is 0 Å². The van der Waals surface area contributed by atoms with Gasteiger partial charge in [-0.05, 0) is 122 Å². The topological polar surface area (TPSA) is 21.3 Å². The van der Waals surface area contributed by atoms with Crippen molar-refractivity contribution in [1.29, 1.82) is 0 Å². The van der Waals surface area contributed by atoms with Crippen LogP contribution in [0.25, 0.3) is 82.8 Å². The van der Waals surface area contributed by atoms with E-state index in [1.54, 1.807) is 0 Å². The van der Waals surface area contributed by atoms with E-state index in [2.05, 4.69) is 240 Å². The van der Waals surface area contributed by atoms with E-state index in [1.807, 2.05) is 0 Å². The van der Waals surface area contributed by atoms with Crippen molar-refractivity contribution in [2.75, 3.05) is 4.90 Å². The lowest BCUT2D eigenvalue weighted by atomic mass is 9.70. The molecule has 10 aromatic carbocycles. The Labute approximate surface area is 370 Å². The number of hydrogen-bond donors (Lipinski definition) is 0. The fourth-order valence-electron chi connectivity index (χ4n) is 11.3. The molecule has 64 heavy (non-hydrogen) atoms. The molecule has 0 aliphatic heterocycles. The van der Waals surface area contributed by atoms with Crippen LogP contribution in [-0.2, 0) is 5.41 Å². The summed E-state index contributed by atoms with van der Waals surface area (Å²) in [5.74, 6) is 0. The maximum Gasteiger partial charge on any atom is 0.137 e. The second-order valence-electron chi connectivity index (χ2n) is 17.2. The summed E-state index contributed by atoms with van der Waals surface area (Å²) in [7, 11) is 0. The van der Waals surface area contributed by atoms with Crippen molar-refractivity contribution in [1.82, 2.24) is 4.57 Å². The van der Waals surface area contributed by atoms with Gasteiger partial charge in [-0.3, -0.25) is 0 Å². The molecule has 1 spiro atoms. The van der Waals surface area contributed by atoms with Gasteiger partial charge >= 0.3 is 0 Å². The summed E-state index contributed by atoms with van der Waals surface area (Å²) in [6, 6.07) is 84.4. The third-order valence-electron chi connectivity index (χ3n) is 14.0. The molecule has 14 rings (SSSR count). The van der Waals surface area contributed by atoms with Gasteiger partial charge < -0.3 is 13.9 Å². The lowest BCUT2D eigenvalue weighted by molar-refractivity contribution is 0.669. The normalized spacial score (nSPS) is 13.1. The fraction of sp³-hybridized carbons (Fsp3) is 0.0164. The Bertz CT molecular complexity index is 3740. The van der Waals surface area contributed by atoms with E-state index in [1.165, 1.54) is 77.4 Å². The summed E-state index contributed by atoms with van der Waals surface area (Å²) in [5, 5.41) is 4.68. The maximum atomic E-state index is 6.77. The van der Waals surface area contributed by atoms with Gasteiger partial charge in [-0.1, -0.05) is 158 Å². The highest BCUT2D eigenvalue weighted by molar-refractivity contribution is 6.11. The number of rotatable bonds is 5. The Kier molecular flexibility index (Phi) is 7.32. The quantitative estimate of drug-likeness (QED) is 0.173. The lowest BCUT2D eigenvalue weighted by Crippen LogP contribution is -2.26. The molecule has 2 heterocycles. The van der Waals surface area contributed by atoms with Crippen molar-refractivity contribution in [2.24, 2.45) is 0 Å². The van der Waals surface area contributed by atoms with Crippen LogP contribution in [0.1, 0.15) is 22.3 Å². The lowest BCUT2D eigenvalue weighted by Gasteiger charge is -2.32. The van der Waals surface area contributed by atoms with Crippen molar-refractivity contribution >= 4 is 60.8 Å². The minimum atomic E-state index is -0.450. The highest BCUT2D eigenvalue weighted by atomic mass is 16.3. The third-order valence-corrected chi connectivity index (χ3v) is 14.0. The first kappa shape index (κ1) is 35.2. The van der Waals surface area contributed by atoms with Crippen molar-refractivity contribution in [2.45, 2.75) is 5.41 Å². The van der Waals surface area contributed by atoms with E-state index in [-0.39, 0.29) is 0 Å². The van der Waals surface area contributed by atoms with Crippen molar-refractivity contribution < 1.29 is 4.42 Å². The van der Waals surface area contributed by atoms with Gasteiger partial charge in [0.2, 0.25) is 0 Å². The average molecular weight is 815 g/mol. The molecule has 0 N–H and O–H groups in total. The number of hydrogen-bond acceptors (Lipinski definition) is 2. The molecule has 0 bridgehead atoms. The molecule has 12 aromatic rings. The van der Waals surface area contributed by atoms with Crippen LogP contribution >= 0.6 is 0 Å². The van der Waals surface area contributed by atoms with Gasteiger partial charge in [-0.25, -0.2) is 0 Å². The second kappa shape index (κ2) is 13.3. The Hall–Kier alpha value is -8.40. The first-order valence-electron chi connectivity index (χ1n) is 22.1. The second-order valence-corrected chi connectivity index (χ2v) is 17.2. The van der Waals surface area contributed by atoms with Crippen LogP contribution in [0.4, 0.5) is 17.1 Å². The smallest absolute Gasteiger partial charge is 0.137 e. The molecule has 0 saturated heterocycles.